The van der Waals surface area contributed by atoms with E-state index in [1.54, 1.807) is 17.9 Å². The van der Waals surface area contributed by atoms with E-state index in [1.807, 2.05) is 0 Å². The van der Waals surface area contributed by atoms with Crippen molar-refractivity contribution in [3.8, 4) is 0 Å². The second kappa shape index (κ2) is 2.27. The van der Waals surface area contributed by atoms with Crippen LogP contribution in [0, 0.1) is 0 Å². The predicted octanol–water partition coefficient (Wildman–Crippen LogP) is -0.876. The molecule has 12 heavy (non-hydrogen) atoms. The van der Waals surface area contributed by atoms with Crippen molar-refractivity contribution in [1.82, 2.24) is 15.0 Å². The Bertz CT molecular complexity index is 289. The van der Waals surface area contributed by atoms with Crippen LogP contribution in [0.2, 0.25) is 0 Å². The highest BCUT2D eigenvalue weighted by Gasteiger charge is 2.43. The van der Waals surface area contributed by atoms with Crippen molar-refractivity contribution >= 4 is 0 Å². The molecule has 1 saturated carbocycles. The van der Waals surface area contributed by atoms with Crippen LogP contribution < -0.4 is 5.73 Å². The molecular formula is C7H12N4O. The Morgan fingerprint density at radius 2 is 2.42 bits per heavy atom. The molecule has 0 amide bonds. The SMILES string of the molecule is Cn1cc(C2(N)CC(O)C2)nn1. The van der Waals surface area contributed by atoms with Crippen molar-refractivity contribution < 1.29 is 5.11 Å². The van der Waals surface area contributed by atoms with E-state index in [2.05, 4.69) is 10.3 Å². The molecule has 1 fully saturated rings. The highest BCUT2D eigenvalue weighted by molar-refractivity contribution is 5.16. The summed E-state index contributed by atoms with van der Waals surface area (Å²) >= 11 is 0. The molecule has 3 N–H and O–H groups in total. The fourth-order valence-electron chi connectivity index (χ4n) is 1.57. The molecule has 1 aromatic heterocycles. The number of nitrogens with two attached hydrogens (primary N) is 1. The van der Waals surface area contributed by atoms with Gasteiger partial charge in [-0.15, -0.1) is 5.10 Å². The smallest absolute Gasteiger partial charge is 0.103 e. The summed E-state index contributed by atoms with van der Waals surface area (Å²) in [5.74, 6) is 0. The summed E-state index contributed by atoms with van der Waals surface area (Å²) in [6.45, 7) is 0. The molecule has 1 heterocycles. The number of aromatic nitrogens is 3. The third-order valence-corrected chi connectivity index (χ3v) is 2.31. The first-order valence-corrected chi connectivity index (χ1v) is 3.94. The number of hydrogen-bond acceptors (Lipinski definition) is 4. The first kappa shape index (κ1) is 7.70. The number of rotatable bonds is 1. The maximum atomic E-state index is 9.12. The average Bonchev–Trinajstić information content (AvgIpc) is 2.33. The zero-order valence-electron chi connectivity index (χ0n) is 6.94. The van der Waals surface area contributed by atoms with Crippen LogP contribution in [0.4, 0.5) is 0 Å². The Hall–Kier alpha value is -0.940. The van der Waals surface area contributed by atoms with Crippen molar-refractivity contribution in [2.24, 2.45) is 12.8 Å². The van der Waals surface area contributed by atoms with E-state index in [1.165, 1.54) is 0 Å². The molecular weight excluding hydrogens is 156 g/mol. The van der Waals surface area contributed by atoms with Gasteiger partial charge in [-0.1, -0.05) is 5.21 Å². The molecule has 0 bridgehead atoms. The molecule has 0 aliphatic heterocycles. The molecule has 1 aliphatic carbocycles. The summed E-state index contributed by atoms with van der Waals surface area (Å²) in [6.07, 6.45) is 2.71. The molecule has 0 spiro atoms. The largest absolute Gasteiger partial charge is 0.393 e. The molecule has 0 atom stereocenters. The minimum Gasteiger partial charge on any atom is -0.393 e. The Labute approximate surface area is 70.2 Å². The van der Waals surface area contributed by atoms with E-state index in [4.69, 9.17) is 10.8 Å². The minimum absolute atomic E-state index is 0.267. The molecule has 0 radical (unpaired) electrons. The fraction of sp³-hybridized carbons (Fsp3) is 0.714. The quantitative estimate of drug-likeness (QED) is 0.571. The molecule has 0 aromatic carbocycles. The summed E-state index contributed by atoms with van der Waals surface area (Å²) in [4.78, 5) is 0. The van der Waals surface area contributed by atoms with Crippen LogP contribution in [0.1, 0.15) is 18.5 Å². The van der Waals surface area contributed by atoms with Crippen LogP contribution in [0.3, 0.4) is 0 Å². The third kappa shape index (κ3) is 1.02. The van der Waals surface area contributed by atoms with Crippen molar-refractivity contribution in [3.05, 3.63) is 11.9 Å². The number of aryl methyl sites for hydroxylation is 1. The van der Waals surface area contributed by atoms with Gasteiger partial charge < -0.3 is 10.8 Å². The second-order valence-corrected chi connectivity index (χ2v) is 3.50. The average molecular weight is 168 g/mol. The number of aliphatic hydroxyl groups excluding tert-OH is 1. The molecule has 2 rings (SSSR count). The lowest BCUT2D eigenvalue weighted by atomic mass is 9.73. The van der Waals surface area contributed by atoms with Gasteiger partial charge in [0.05, 0.1) is 11.6 Å². The zero-order chi connectivity index (χ0) is 8.77. The van der Waals surface area contributed by atoms with Crippen molar-refractivity contribution in [3.63, 3.8) is 0 Å². The summed E-state index contributed by atoms with van der Waals surface area (Å²) in [5, 5.41) is 16.8. The van der Waals surface area contributed by atoms with Gasteiger partial charge in [-0.05, 0) is 12.8 Å². The number of nitrogens with zero attached hydrogens (tertiary/aromatic N) is 3. The van der Waals surface area contributed by atoms with Crippen LogP contribution in [-0.4, -0.2) is 26.2 Å². The Balaban J connectivity index is 2.20. The minimum atomic E-state index is -0.437. The van der Waals surface area contributed by atoms with Gasteiger partial charge in [0.1, 0.15) is 5.69 Å². The van der Waals surface area contributed by atoms with E-state index in [0.717, 1.165) is 5.69 Å². The zero-order valence-corrected chi connectivity index (χ0v) is 6.94. The molecule has 0 unspecified atom stereocenters. The van der Waals surface area contributed by atoms with Gasteiger partial charge in [0, 0.05) is 13.2 Å². The van der Waals surface area contributed by atoms with E-state index in [0.29, 0.717) is 12.8 Å². The second-order valence-electron chi connectivity index (χ2n) is 3.50. The first-order chi connectivity index (χ1) is 5.60. The topological polar surface area (TPSA) is 77.0 Å². The first-order valence-electron chi connectivity index (χ1n) is 3.94. The van der Waals surface area contributed by atoms with E-state index in [9.17, 15) is 0 Å². The summed E-state index contributed by atoms with van der Waals surface area (Å²) < 4.78 is 1.62. The molecule has 5 nitrogen and oxygen atoms in total. The van der Waals surface area contributed by atoms with Gasteiger partial charge in [-0.2, -0.15) is 0 Å². The lowest BCUT2D eigenvalue weighted by Crippen LogP contribution is -2.51. The van der Waals surface area contributed by atoms with Gasteiger partial charge in [-0.25, -0.2) is 0 Å². The van der Waals surface area contributed by atoms with Gasteiger partial charge in [0.15, 0.2) is 0 Å². The number of aliphatic hydroxyl groups is 1. The third-order valence-electron chi connectivity index (χ3n) is 2.31. The molecule has 66 valence electrons. The van der Waals surface area contributed by atoms with E-state index >= 15 is 0 Å². The Morgan fingerprint density at radius 3 is 2.83 bits per heavy atom. The van der Waals surface area contributed by atoms with Crippen molar-refractivity contribution in [2.45, 2.75) is 24.5 Å². The normalized spacial score (nSPS) is 34.8. The van der Waals surface area contributed by atoms with E-state index < -0.39 is 5.54 Å². The molecule has 1 aliphatic rings. The van der Waals surface area contributed by atoms with Gasteiger partial charge in [0.25, 0.3) is 0 Å². The van der Waals surface area contributed by atoms with Crippen LogP contribution in [0.25, 0.3) is 0 Å². The fourth-order valence-corrected chi connectivity index (χ4v) is 1.57. The lowest BCUT2D eigenvalue weighted by molar-refractivity contribution is 0.0188. The van der Waals surface area contributed by atoms with Crippen LogP contribution in [-0.2, 0) is 12.6 Å². The van der Waals surface area contributed by atoms with Crippen LogP contribution >= 0.6 is 0 Å². The van der Waals surface area contributed by atoms with Gasteiger partial charge in [-0.3, -0.25) is 4.68 Å². The number of hydrogen-bond donors (Lipinski definition) is 2. The standard InChI is InChI=1S/C7H12N4O/c1-11-4-6(9-10-11)7(8)2-5(12)3-7/h4-5,12H,2-3,8H2,1H3. The highest BCUT2D eigenvalue weighted by atomic mass is 16.3. The molecule has 1 aromatic rings. The summed E-state index contributed by atoms with van der Waals surface area (Å²) in [7, 11) is 1.80. The van der Waals surface area contributed by atoms with Gasteiger partial charge in [0.2, 0.25) is 0 Å². The highest BCUT2D eigenvalue weighted by Crippen LogP contribution is 2.37. The summed E-state index contributed by atoms with van der Waals surface area (Å²) in [5.41, 5.74) is 6.29. The van der Waals surface area contributed by atoms with Gasteiger partial charge >= 0.3 is 0 Å². The van der Waals surface area contributed by atoms with Crippen LogP contribution in [0.15, 0.2) is 6.20 Å². The molecule has 0 saturated heterocycles. The predicted molar refractivity (Wildman–Crippen MR) is 42.1 cm³/mol. The van der Waals surface area contributed by atoms with Crippen molar-refractivity contribution in [2.75, 3.05) is 0 Å². The van der Waals surface area contributed by atoms with Crippen molar-refractivity contribution in [1.29, 1.82) is 0 Å². The molecule has 5 heteroatoms. The maximum absolute atomic E-state index is 9.12. The maximum Gasteiger partial charge on any atom is 0.103 e. The van der Waals surface area contributed by atoms with Crippen LogP contribution in [0.5, 0.6) is 0 Å². The summed E-state index contributed by atoms with van der Waals surface area (Å²) in [6, 6.07) is 0. The monoisotopic (exact) mass is 168 g/mol. The van der Waals surface area contributed by atoms with E-state index in [-0.39, 0.29) is 6.10 Å². The Kier molecular flexibility index (Phi) is 1.46. The Morgan fingerprint density at radius 1 is 1.75 bits per heavy atom. The lowest BCUT2D eigenvalue weighted by Gasteiger charge is -2.40.